The summed E-state index contributed by atoms with van der Waals surface area (Å²) in [6.45, 7) is 0. The van der Waals surface area contributed by atoms with Gasteiger partial charge in [0.25, 0.3) is 0 Å². The number of rotatable bonds is 0. The third-order valence-corrected chi connectivity index (χ3v) is 2.92. The van der Waals surface area contributed by atoms with Gasteiger partial charge in [-0.1, -0.05) is 24.3 Å². The molecule has 0 amide bonds. The lowest BCUT2D eigenvalue weighted by Gasteiger charge is -2.04. The zero-order valence-corrected chi connectivity index (χ0v) is 9.32. The summed E-state index contributed by atoms with van der Waals surface area (Å²) in [5.41, 5.74) is 1.72. The standard InChI is InChI=1S/C12H8OS2/c14-7-1-3-11-9(5-7)10-6-8(15)2-4-12(10)13-11/h1-6,14-15H/p-2. The van der Waals surface area contributed by atoms with Gasteiger partial charge < -0.3 is 29.7 Å². The Morgan fingerprint density at radius 2 is 1.20 bits per heavy atom. The Hall–Kier alpha value is -1.32. The minimum absolute atomic E-state index is 0.819. The second kappa shape index (κ2) is 3.08. The van der Waals surface area contributed by atoms with E-state index in [9.17, 15) is 0 Å². The summed E-state index contributed by atoms with van der Waals surface area (Å²) in [5, 5.41) is 2.09. The number of furan rings is 1. The van der Waals surface area contributed by atoms with Crippen molar-refractivity contribution in [2.24, 2.45) is 0 Å². The molecule has 74 valence electrons. The van der Waals surface area contributed by atoms with E-state index in [-0.39, 0.29) is 0 Å². The van der Waals surface area contributed by atoms with Crippen molar-refractivity contribution in [2.75, 3.05) is 0 Å². The van der Waals surface area contributed by atoms with Crippen LogP contribution in [0.1, 0.15) is 0 Å². The van der Waals surface area contributed by atoms with Crippen LogP contribution in [0.3, 0.4) is 0 Å². The molecule has 0 N–H and O–H groups in total. The zero-order chi connectivity index (χ0) is 10.4. The molecular weight excluding hydrogens is 224 g/mol. The number of hydrogen-bond acceptors (Lipinski definition) is 3. The van der Waals surface area contributed by atoms with E-state index in [0.29, 0.717) is 0 Å². The molecule has 0 fully saturated rings. The van der Waals surface area contributed by atoms with Crippen molar-refractivity contribution in [3.8, 4) is 0 Å². The van der Waals surface area contributed by atoms with Crippen molar-refractivity contribution >= 4 is 47.2 Å². The Labute approximate surface area is 97.9 Å². The molecule has 1 heterocycles. The van der Waals surface area contributed by atoms with Crippen LogP contribution in [0.4, 0.5) is 0 Å². The van der Waals surface area contributed by atoms with Crippen LogP contribution < -0.4 is 0 Å². The van der Waals surface area contributed by atoms with Crippen molar-refractivity contribution in [1.82, 2.24) is 0 Å². The summed E-state index contributed by atoms with van der Waals surface area (Å²) < 4.78 is 5.67. The van der Waals surface area contributed by atoms with Crippen molar-refractivity contribution < 1.29 is 4.42 Å². The average molecular weight is 230 g/mol. The maximum absolute atomic E-state index is 5.67. The van der Waals surface area contributed by atoms with E-state index in [0.717, 1.165) is 31.7 Å². The summed E-state index contributed by atoms with van der Waals surface area (Å²) in [5.74, 6) is 0. The first-order chi connectivity index (χ1) is 7.24. The molecule has 3 heteroatoms. The summed E-state index contributed by atoms with van der Waals surface area (Å²) in [7, 11) is 0. The normalized spacial score (nSPS) is 11.2. The van der Waals surface area contributed by atoms with Crippen molar-refractivity contribution in [3.63, 3.8) is 0 Å². The predicted molar refractivity (Wildman–Crippen MR) is 65.0 cm³/mol. The molecule has 0 atom stereocenters. The van der Waals surface area contributed by atoms with Gasteiger partial charge in [0.1, 0.15) is 11.2 Å². The van der Waals surface area contributed by atoms with E-state index < -0.39 is 0 Å². The maximum atomic E-state index is 5.67. The molecule has 15 heavy (non-hydrogen) atoms. The Morgan fingerprint density at radius 1 is 0.733 bits per heavy atom. The molecule has 0 spiro atoms. The highest BCUT2D eigenvalue weighted by molar-refractivity contribution is 7.59. The molecule has 0 aliphatic rings. The first-order valence-corrected chi connectivity index (χ1v) is 5.36. The van der Waals surface area contributed by atoms with Crippen LogP contribution >= 0.6 is 0 Å². The number of benzene rings is 2. The largest absolute Gasteiger partial charge is 0.780 e. The number of hydrogen-bond donors (Lipinski definition) is 0. The van der Waals surface area contributed by atoms with Gasteiger partial charge in [0.05, 0.1) is 0 Å². The molecule has 0 saturated carbocycles. The molecular formula is C12H6OS2-2. The van der Waals surface area contributed by atoms with E-state index in [1.807, 2.05) is 36.4 Å². The monoisotopic (exact) mass is 230 g/mol. The van der Waals surface area contributed by atoms with Crippen LogP contribution in [-0.4, -0.2) is 0 Å². The van der Waals surface area contributed by atoms with Gasteiger partial charge in [-0.25, -0.2) is 0 Å². The van der Waals surface area contributed by atoms with Crippen LogP contribution in [0, 0.1) is 0 Å². The van der Waals surface area contributed by atoms with E-state index >= 15 is 0 Å². The van der Waals surface area contributed by atoms with E-state index in [1.54, 1.807) is 0 Å². The molecule has 0 unspecified atom stereocenters. The molecule has 1 aromatic heterocycles. The molecule has 0 saturated heterocycles. The van der Waals surface area contributed by atoms with Gasteiger partial charge in [-0.15, -0.1) is 0 Å². The van der Waals surface area contributed by atoms with Crippen LogP contribution in [0.2, 0.25) is 0 Å². The van der Waals surface area contributed by atoms with Gasteiger partial charge in [-0.3, -0.25) is 0 Å². The van der Waals surface area contributed by atoms with Crippen molar-refractivity contribution in [2.45, 2.75) is 9.79 Å². The molecule has 3 aromatic rings. The van der Waals surface area contributed by atoms with Crippen LogP contribution in [0.15, 0.2) is 50.6 Å². The smallest absolute Gasteiger partial charge is 0.135 e. The zero-order valence-electron chi connectivity index (χ0n) is 7.69. The van der Waals surface area contributed by atoms with Crippen LogP contribution in [-0.2, 0) is 25.3 Å². The lowest BCUT2D eigenvalue weighted by atomic mass is 10.1. The fraction of sp³-hybridized carbons (Fsp3) is 0. The van der Waals surface area contributed by atoms with E-state index in [2.05, 4.69) is 0 Å². The maximum Gasteiger partial charge on any atom is 0.135 e. The lowest BCUT2D eigenvalue weighted by Crippen LogP contribution is -1.71. The first-order valence-electron chi connectivity index (χ1n) is 4.54. The van der Waals surface area contributed by atoms with Gasteiger partial charge in [0, 0.05) is 10.8 Å². The van der Waals surface area contributed by atoms with Gasteiger partial charge >= 0.3 is 0 Å². The fourth-order valence-electron chi connectivity index (χ4n) is 1.74. The Balaban J connectivity index is 2.55. The first kappa shape index (κ1) is 8.95. The lowest BCUT2D eigenvalue weighted by molar-refractivity contribution is 0.668. The Bertz CT molecular complexity index is 599. The topological polar surface area (TPSA) is 13.1 Å². The minimum atomic E-state index is 0.819. The van der Waals surface area contributed by atoms with Crippen molar-refractivity contribution in [1.29, 1.82) is 0 Å². The molecule has 3 rings (SSSR count). The molecule has 2 aromatic carbocycles. The second-order valence-corrected chi connectivity index (χ2v) is 4.36. The Morgan fingerprint density at radius 3 is 1.67 bits per heavy atom. The fourth-order valence-corrected chi connectivity index (χ4v) is 2.11. The summed E-state index contributed by atoms with van der Waals surface area (Å²) in [6, 6.07) is 11.4. The quantitative estimate of drug-likeness (QED) is 0.549. The molecule has 0 aliphatic carbocycles. The minimum Gasteiger partial charge on any atom is -0.780 e. The van der Waals surface area contributed by atoms with Crippen LogP contribution in [0.5, 0.6) is 0 Å². The highest BCUT2D eigenvalue weighted by atomic mass is 32.1. The second-order valence-electron chi connectivity index (χ2n) is 3.42. The highest BCUT2D eigenvalue weighted by Crippen LogP contribution is 2.29. The molecule has 1 nitrogen and oxygen atoms in total. The van der Waals surface area contributed by atoms with Gasteiger partial charge in [-0.2, -0.15) is 9.79 Å². The van der Waals surface area contributed by atoms with Crippen molar-refractivity contribution in [3.05, 3.63) is 36.4 Å². The third-order valence-electron chi connectivity index (χ3n) is 2.41. The summed E-state index contributed by atoms with van der Waals surface area (Å²) in [4.78, 5) is 1.64. The third kappa shape index (κ3) is 1.35. The Kier molecular flexibility index (Phi) is 1.84. The predicted octanol–water partition coefficient (Wildman–Crippen LogP) is 3.40. The van der Waals surface area contributed by atoms with E-state index in [1.165, 1.54) is 0 Å². The highest BCUT2D eigenvalue weighted by Gasteiger charge is 2.03. The summed E-state index contributed by atoms with van der Waals surface area (Å²) in [6.07, 6.45) is 0. The molecule has 0 bridgehead atoms. The van der Waals surface area contributed by atoms with Gasteiger partial charge in [0.15, 0.2) is 0 Å². The average Bonchev–Trinajstić information content (AvgIpc) is 2.56. The molecule has 0 aliphatic heterocycles. The van der Waals surface area contributed by atoms with Gasteiger partial charge in [0.2, 0.25) is 0 Å². The number of fused-ring (bicyclic) bond motifs is 3. The molecule has 0 radical (unpaired) electrons. The van der Waals surface area contributed by atoms with E-state index in [4.69, 9.17) is 29.7 Å². The summed E-state index contributed by atoms with van der Waals surface area (Å²) >= 11 is 10.3. The van der Waals surface area contributed by atoms with Gasteiger partial charge in [-0.05, 0) is 12.1 Å². The SMILES string of the molecule is [S-]c1ccc2oc3ccc([S-])cc3c2c1. The van der Waals surface area contributed by atoms with Crippen LogP contribution in [0.25, 0.3) is 21.9 Å².